The quantitative estimate of drug-likeness (QED) is 0.343. The van der Waals surface area contributed by atoms with Gasteiger partial charge in [0.1, 0.15) is 23.0 Å². The molecule has 0 aliphatic heterocycles. The number of benzene rings is 1. The smallest absolute Gasteiger partial charge is 0.319 e. The van der Waals surface area contributed by atoms with Gasteiger partial charge in [0.05, 0.1) is 0 Å². The third-order valence-corrected chi connectivity index (χ3v) is 5.13. The van der Waals surface area contributed by atoms with E-state index in [0.717, 1.165) is 24.4 Å². The predicted molar refractivity (Wildman–Crippen MR) is 113 cm³/mol. The number of hydrogen-bond donors (Lipinski definition) is 5. The molecule has 0 atom stereocenters. The van der Waals surface area contributed by atoms with Crippen LogP contribution >= 0.6 is 11.5 Å². The number of ether oxygens (including phenoxy) is 1. The summed E-state index contributed by atoms with van der Waals surface area (Å²) in [5.41, 5.74) is 11.1. The number of anilines is 1. The van der Waals surface area contributed by atoms with Gasteiger partial charge in [-0.1, -0.05) is 0 Å². The molecule has 166 valence electrons. The lowest BCUT2D eigenvalue weighted by Crippen LogP contribution is -2.31. The Hall–Kier alpha value is -3.25. The van der Waals surface area contributed by atoms with Gasteiger partial charge in [0.15, 0.2) is 0 Å². The first-order chi connectivity index (χ1) is 14.9. The number of rotatable bonds is 10. The Kier molecular flexibility index (Phi) is 7.36. The molecular weight excluding hydrogens is 427 g/mol. The fraction of sp³-hybridized carbons (Fsp3) is 0.368. The lowest BCUT2D eigenvalue weighted by Gasteiger charge is -2.09. The summed E-state index contributed by atoms with van der Waals surface area (Å²) in [6.45, 7) is 0.494. The third-order valence-electron chi connectivity index (χ3n) is 4.39. The standard InChI is InChI=1S/C19H23FN6O4S/c20-13-5-2-10(16(28)24-12-3-4-12)8-11(13)9-30-17-14(15(22)27)18(31-26-17)25-19(29)23-7-1-6-21/h2,5,8,12H,1,3-4,6-7,9,21H2,(H2,22,27)(H,24,28)(H2,23,25,29). The molecule has 7 N–H and O–H groups in total. The fourth-order valence-corrected chi connectivity index (χ4v) is 3.33. The van der Waals surface area contributed by atoms with Crippen molar-refractivity contribution in [1.29, 1.82) is 0 Å². The van der Waals surface area contributed by atoms with Crippen LogP contribution in [0.5, 0.6) is 5.88 Å². The van der Waals surface area contributed by atoms with Gasteiger partial charge in [-0.2, -0.15) is 4.37 Å². The summed E-state index contributed by atoms with van der Waals surface area (Å²) < 4.78 is 23.7. The van der Waals surface area contributed by atoms with Gasteiger partial charge >= 0.3 is 6.03 Å². The van der Waals surface area contributed by atoms with Crippen molar-refractivity contribution in [2.45, 2.75) is 31.9 Å². The van der Waals surface area contributed by atoms with Crippen LogP contribution in [0.1, 0.15) is 45.5 Å². The van der Waals surface area contributed by atoms with Gasteiger partial charge in [0.25, 0.3) is 11.8 Å². The highest BCUT2D eigenvalue weighted by atomic mass is 32.1. The SMILES string of the molecule is NCCCNC(=O)Nc1snc(OCc2cc(C(=O)NC3CC3)ccc2F)c1C(N)=O. The molecule has 0 bridgehead atoms. The van der Waals surface area contributed by atoms with Crippen LogP contribution in [0.4, 0.5) is 14.2 Å². The molecule has 2 aromatic rings. The van der Waals surface area contributed by atoms with E-state index in [2.05, 4.69) is 20.3 Å². The maximum Gasteiger partial charge on any atom is 0.319 e. The Bertz CT molecular complexity index is 978. The number of carbonyl (C=O) groups is 3. The van der Waals surface area contributed by atoms with Crippen molar-refractivity contribution in [3.05, 3.63) is 40.7 Å². The molecule has 0 radical (unpaired) electrons. The van der Waals surface area contributed by atoms with Crippen molar-refractivity contribution in [2.75, 3.05) is 18.4 Å². The Morgan fingerprint density at radius 3 is 2.74 bits per heavy atom. The summed E-state index contributed by atoms with van der Waals surface area (Å²) in [6, 6.07) is 3.57. The van der Waals surface area contributed by atoms with E-state index >= 15 is 0 Å². The summed E-state index contributed by atoms with van der Waals surface area (Å²) in [7, 11) is 0. The molecule has 3 rings (SSSR count). The van der Waals surface area contributed by atoms with E-state index in [1.54, 1.807) is 0 Å². The summed E-state index contributed by atoms with van der Waals surface area (Å²) in [5, 5.41) is 7.99. The van der Waals surface area contributed by atoms with Gasteiger partial charge in [0, 0.05) is 23.7 Å². The maximum atomic E-state index is 14.2. The Balaban J connectivity index is 1.68. The van der Waals surface area contributed by atoms with E-state index in [-0.39, 0.29) is 40.6 Å². The van der Waals surface area contributed by atoms with Crippen LogP contribution in [0.25, 0.3) is 0 Å². The molecule has 1 fully saturated rings. The van der Waals surface area contributed by atoms with E-state index in [0.29, 0.717) is 25.1 Å². The molecule has 1 aromatic heterocycles. The van der Waals surface area contributed by atoms with Crippen LogP contribution in [0, 0.1) is 5.82 Å². The fourth-order valence-electron chi connectivity index (χ4n) is 2.60. The van der Waals surface area contributed by atoms with Crippen molar-refractivity contribution >= 4 is 34.4 Å². The number of aromatic nitrogens is 1. The molecule has 1 aliphatic carbocycles. The van der Waals surface area contributed by atoms with Crippen LogP contribution in [0.3, 0.4) is 0 Å². The number of nitrogens with two attached hydrogens (primary N) is 2. The molecule has 12 heteroatoms. The van der Waals surface area contributed by atoms with Crippen molar-refractivity contribution in [3.63, 3.8) is 0 Å². The molecule has 1 saturated carbocycles. The molecule has 1 aromatic carbocycles. The number of halogens is 1. The number of carbonyl (C=O) groups excluding carboxylic acids is 3. The minimum atomic E-state index is -0.862. The molecule has 4 amide bonds. The predicted octanol–water partition coefficient (Wildman–Crippen LogP) is 1.32. The third kappa shape index (κ3) is 6.12. The van der Waals surface area contributed by atoms with Gasteiger partial charge in [-0.3, -0.25) is 14.9 Å². The Morgan fingerprint density at radius 2 is 2.06 bits per heavy atom. The number of amides is 4. The van der Waals surface area contributed by atoms with E-state index in [4.69, 9.17) is 16.2 Å². The number of nitrogens with one attached hydrogen (secondary N) is 3. The van der Waals surface area contributed by atoms with Crippen LogP contribution in [0.2, 0.25) is 0 Å². The van der Waals surface area contributed by atoms with Gasteiger partial charge in [0.2, 0.25) is 5.88 Å². The first-order valence-corrected chi connectivity index (χ1v) is 10.4. The maximum absolute atomic E-state index is 14.2. The Morgan fingerprint density at radius 1 is 1.29 bits per heavy atom. The van der Waals surface area contributed by atoms with Crippen LogP contribution in [-0.4, -0.2) is 41.4 Å². The van der Waals surface area contributed by atoms with E-state index in [1.165, 1.54) is 18.2 Å². The molecule has 1 aliphatic rings. The van der Waals surface area contributed by atoms with Crippen LogP contribution in [0.15, 0.2) is 18.2 Å². The highest BCUT2D eigenvalue weighted by Crippen LogP contribution is 2.31. The summed E-state index contributed by atoms with van der Waals surface area (Å²) in [5.74, 6) is -1.86. The van der Waals surface area contributed by atoms with Crippen molar-refractivity contribution in [3.8, 4) is 5.88 Å². The minimum Gasteiger partial charge on any atom is -0.471 e. The zero-order valence-corrected chi connectivity index (χ0v) is 17.4. The summed E-state index contributed by atoms with van der Waals surface area (Å²) in [4.78, 5) is 36.0. The Labute approximate surface area is 181 Å². The number of nitrogens with zero attached hydrogens (tertiary/aromatic N) is 1. The molecule has 0 spiro atoms. The zero-order valence-electron chi connectivity index (χ0n) is 16.6. The average molecular weight is 450 g/mol. The van der Waals surface area contributed by atoms with Crippen molar-refractivity contribution in [2.24, 2.45) is 11.5 Å². The first-order valence-electron chi connectivity index (χ1n) is 9.65. The summed E-state index contributed by atoms with van der Waals surface area (Å²) in [6.07, 6.45) is 2.46. The second kappa shape index (κ2) is 10.2. The monoisotopic (exact) mass is 450 g/mol. The second-order valence-electron chi connectivity index (χ2n) is 6.92. The molecular formula is C19H23FN6O4S. The average Bonchev–Trinajstić information content (AvgIpc) is 3.45. The second-order valence-corrected chi connectivity index (χ2v) is 7.70. The lowest BCUT2D eigenvalue weighted by molar-refractivity contribution is 0.0949. The van der Waals surface area contributed by atoms with Crippen molar-refractivity contribution < 1.29 is 23.5 Å². The molecule has 10 nitrogen and oxygen atoms in total. The largest absolute Gasteiger partial charge is 0.471 e. The van der Waals surface area contributed by atoms with E-state index < -0.39 is 17.8 Å². The highest BCUT2D eigenvalue weighted by molar-refractivity contribution is 7.11. The number of urea groups is 1. The van der Waals surface area contributed by atoms with Crippen LogP contribution < -0.4 is 32.2 Å². The number of primary amides is 1. The van der Waals surface area contributed by atoms with Gasteiger partial charge in [-0.25, -0.2) is 9.18 Å². The zero-order chi connectivity index (χ0) is 22.4. The molecule has 0 unspecified atom stereocenters. The molecule has 0 saturated heterocycles. The first kappa shape index (κ1) is 22.4. The summed E-state index contributed by atoms with van der Waals surface area (Å²) >= 11 is 0.803. The van der Waals surface area contributed by atoms with E-state index in [1.807, 2.05) is 0 Å². The molecule has 31 heavy (non-hydrogen) atoms. The van der Waals surface area contributed by atoms with Gasteiger partial charge in [-0.05, 0) is 55.5 Å². The highest BCUT2D eigenvalue weighted by Gasteiger charge is 2.25. The van der Waals surface area contributed by atoms with Crippen molar-refractivity contribution in [1.82, 2.24) is 15.0 Å². The normalized spacial score (nSPS) is 12.8. The van der Waals surface area contributed by atoms with Gasteiger partial charge < -0.3 is 26.8 Å². The number of hydrogen-bond acceptors (Lipinski definition) is 7. The minimum absolute atomic E-state index is 0.103. The topological polar surface area (TPSA) is 161 Å². The van der Waals surface area contributed by atoms with Gasteiger partial charge in [-0.15, -0.1) is 0 Å². The lowest BCUT2D eigenvalue weighted by atomic mass is 10.1. The van der Waals surface area contributed by atoms with E-state index in [9.17, 15) is 18.8 Å². The van der Waals surface area contributed by atoms with Crippen LogP contribution in [-0.2, 0) is 6.61 Å². The molecule has 1 heterocycles.